The number of carbonyl (C=O) groups excluding carboxylic acids is 1. The van der Waals surface area contributed by atoms with Crippen LogP contribution in [-0.2, 0) is 4.79 Å². The van der Waals surface area contributed by atoms with Crippen molar-refractivity contribution in [2.45, 2.75) is 30.7 Å². The number of amides is 1. The fourth-order valence-electron chi connectivity index (χ4n) is 2.03. The number of carbonyl (C=O) groups is 1. The Morgan fingerprint density at radius 1 is 1.44 bits per heavy atom. The molecule has 1 atom stereocenters. The molecule has 0 saturated carbocycles. The summed E-state index contributed by atoms with van der Waals surface area (Å²) in [5.41, 5.74) is 1.25. The number of hydrogen-bond donors (Lipinski definition) is 2. The largest absolute Gasteiger partial charge is 0.351 e. The first-order valence-corrected chi connectivity index (χ1v) is 7.42. The average molecular weight is 264 g/mol. The highest BCUT2D eigenvalue weighted by atomic mass is 32.2. The van der Waals surface area contributed by atoms with E-state index in [2.05, 4.69) is 41.8 Å². The van der Waals surface area contributed by atoms with Gasteiger partial charge in [-0.05, 0) is 38.4 Å². The van der Waals surface area contributed by atoms with Gasteiger partial charge in [-0.1, -0.05) is 17.7 Å². The van der Waals surface area contributed by atoms with E-state index in [-0.39, 0.29) is 5.91 Å². The summed E-state index contributed by atoms with van der Waals surface area (Å²) in [6.45, 7) is 4.04. The third kappa shape index (κ3) is 4.35. The number of benzene rings is 1. The second kappa shape index (κ2) is 6.81. The fourth-order valence-corrected chi connectivity index (χ4v) is 2.74. The summed E-state index contributed by atoms with van der Waals surface area (Å²) >= 11 is 1.59. The fraction of sp³-hybridized carbons (Fsp3) is 0.500. The highest BCUT2D eigenvalue weighted by Gasteiger charge is 2.14. The molecule has 0 spiro atoms. The molecule has 0 aliphatic carbocycles. The third-order valence-electron chi connectivity index (χ3n) is 3.05. The Hall–Kier alpha value is -1.00. The van der Waals surface area contributed by atoms with Crippen molar-refractivity contribution in [1.82, 2.24) is 10.6 Å². The molecule has 1 saturated heterocycles. The molecule has 1 amide bonds. The number of piperidine rings is 1. The van der Waals surface area contributed by atoms with Crippen LogP contribution < -0.4 is 10.6 Å². The van der Waals surface area contributed by atoms with Crippen LogP contribution >= 0.6 is 11.8 Å². The van der Waals surface area contributed by atoms with Crippen LogP contribution in [0.4, 0.5) is 0 Å². The second-order valence-corrected chi connectivity index (χ2v) is 5.76. The van der Waals surface area contributed by atoms with Gasteiger partial charge in [0.2, 0.25) is 5.91 Å². The van der Waals surface area contributed by atoms with Gasteiger partial charge in [0.1, 0.15) is 0 Å². The number of nitrogens with one attached hydrogen (secondary N) is 2. The Kier molecular flexibility index (Phi) is 5.08. The lowest BCUT2D eigenvalue weighted by Crippen LogP contribution is -2.46. The van der Waals surface area contributed by atoms with E-state index in [0.29, 0.717) is 11.8 Å². The summed E-state index contributed by atoms with van der Waals surface area (Å²) in [6.07, 6.45) is 2.24. The molecule has 2 N–H and O–H groups in total. The molecule has 0 bridgehead atoms. The molecule has 1 fully saturated rings. The summed E-state index contributed by atoms with van der Waals surface area (Å²) in [5, 5.41) is 6.38. The number of rotatable bonds is 4. The van der Waals surface area contributed by atoms with Gasteiger partial charge in [-0.3, -0.25) is 4.79 Å². The van der Waals surface area contributed by atoms with E-state index in [1.807, 2.05) is 0 Å². The predicted molar refractivity (Wildman–Crippen MR) is 75.9 cm³/mol. The lowest BCUT2D eigenvalue weighted by molar-refractivity contribution is -0.119. The molecule has 1 aromatic carbocycles. The van der Waals surface area contributed by atoms with Gasteiger partial charge in [-0.2, -0.15) is 0 Å². The van der Waals surface area contributed by atoms with E-state index < -0.39 is 0 Å². The zero-order chi connectivity index (χ0) is 12.8. The topological polar surface area (TPSA) is 41.1 Å². The SMILES string of the molecule is Cc1ccc(SCC(=O)NC2CCCNC2)cc1. The summed E-state index contributed by atoms with van der Waals surface area (Å²) < 4.78 is 0. The zero-order valence-electron chi connectivity index (χ0n) is 10.7. The van der Waals surface area contributed by atoms with Crippen molar-refractivity contribution < 1.29 is 4.79 Å². The standard InChI is InChI=1S/C14H20N2OS/c1-11-4-6-13(7-5-11)18-10-14(17)16-12-3-2-8-15-9-12/h4-7,12,15H,2-3,8-10H2,1H3,(H,16,17). The first-order valence-electron chi connectivity index (χ1n) is 6.43. The molecule has 1 aliphatic rings. The molecule has 0 aromatic heterocycles. The lowest BCUT2D eigenvalue weighted by atomic mass is 10.1. The van der Waals surface area contributed by atoms with Crippen molar-refractivity contribution in [1.29, 1.82) is 0 Å². The number of hydrogen-bond acceptors (Lipinski definition) is 3. The molecule has 0 radical (unpaired) electrons. The van der Waals surface area contributed by atoms with E-state index in [0.717, 1.165) is 30.8 Å². The number of aryl methyl sites for hydroxylation is 1. The Morgan fingerprint density at radius 2 is 2.22 bits per heavy atom. The van der Waals surface area contributed by atoms with Gasteiger partial charge in [0.05, 0.1) is 5.75 Å². The molecule has 1 unspecified atom stereocenters. The second-order valence-electron chi connectivity index (χ2n) is 4.71. The molecule has 18 heavy (non-hydrogen) atoms. The molecule has 1 aromatic rings. The monoisotopic (exact) mass is 264 g/mol. The van der Waals surface area contributed by atoms with Crippen LogP contribution in [0.1, 0.15) is 18.4 Å². The van der Waals surface area contributed by atoms with Crippen LogP contribution in [-0.4, -0.2) is 30.8 Å². The minimum Gasteiger partial charge on any atom is -0.351 e. The van der Waals surface area contributed by atoms with Crippen LogP contribution in [0.15, 0.2) is 29.2 Å². The highest BCUT2D eigenvalue weighted by Crippen LogP contribution is 2.17. The summed E-state index contributed by atoms with van der Waals surface area (Å²) in [5.74, 6) is 0.633. The van der Waals surface area contributed by atoms with E-state index in [1.165, 1.54) is 5.56 Å². The molecule has 2 rings (SSSR count). The predicted octanol–water partition coefficient (Wildman–Crippen LogP) is 1.96. The molecule has 1 heterocycles. The Labute approximate surface area is 113 Å². The molecule has 4 heteroatoms. The third-order valence-corrected chi connectivity index (χ3v) is 4.06. The van der Waals surface area contributed by atoms with Gasteiger partial charge in [0.15, 0.2) is 0 Å². The molecule has 1 aliphatic heterocycles. The minimum absolute atomic E-state index is 0.134. The van der Waals surface area contributed by atoms with Crippen molar-refractivity contribution >= 4 is 17.7 Å². The number of thioether (sulfide) groups is 1. The van der Waals surface area contributed by atoms with Gasteiger partial charge >= 0.3 is 0 Å². The van der Waals surface area contributed by atoms with Gasteiger partial charge in [-0.25, -0.2) is 0 Å². The minimum atomic E-state index is 0.134. The maximum absolute atomic E-state index is 11.8. The quantitative estimate of drug-likeness (QED) is 0.817. The average Bonchev–Trinajstić information content (AvgIpc) is 2.39. The molecule has 98 valence electrons. The summed E-state index contributed by atoms with van der Waals surface area (Å²) in [7, 11) is 0. The Bertz CT molecular complexity index is 385. The van der Waals surface area contributed by atoms with E-state index >= 15 is 0 Å². The lowest BCUT2D eigenvalue weighted by Gasteiger charge is -2.23. The van der Waals surface area contributed by atoms with Gasteiger partial charge < -0.3 is 10.6 Å². The Morgan fingerprint density at radius 3 is 2.89 bits per heavy atom. The van der Waals surface area contributed by atoms with Gasteiger partial charge in [0.25, 0.3) is 0 Å². The van der Waals surface area contributed by atoms with Crippen LogP contribution in [0.2, 0.25) is 0 Å². The first kappa shape index (κ1) is 13.4. The van der Waals surface area contributed by atoms with Gasteiger partial charge in [-0.15, -0.1) is 11.8 Å². The molecular formula is C14H20N2OS. The van der Waals surface area contributed by atoms with Crippen LogP contribution in [0, 0.1) is 6.92 Å². The van der Waals surface area contributed by atoms with Crippen LogP contribution in [0.3, 0.4) is 0 Å². The van der Waals surface area contributed by atoms with Crippen molar-refractivity contribution in [3.63, 3.8) is 0 Å². The normalized spacial score (nSPS) is 19.5. The first-order chi connectivity index (χ1) is 8.74. The van der Waals surface area contributed by atoms with E-state index in [1.54, 1.807) is 11.8 Å². The maximum atomic E-state index is 11.8. The van der Waals surface area contributed by atoms with E-state index in [4.69, 9.17) is 0 Å². The smallest absolute Gasteiger partial charge is 0.230 e. The van der Waals surface area contributed by atoms with E-state index in [9.17, 15) is 4.79 Å². The molecule has 3 nitrogen and oxygen atoms in total. The van der Waals surface area contributed by atoms with Crippen molar-refractivity contribution in [2.75, 3.05) is 18.8 Å². The summed E-state index contributed by atoms with van der Waals surface area (Å²) in [6, 6.07) is 8.59. The van der Waals surface area contributed by atoms with Gasteiger partial charge in [0, 0.05) is 17.5 Å². The van der Waals surface area contributed by atoms with Crippen molar-refractivity contribution in [3.05, 3.63) is 29.8 Å². The molecular weight excluding hydrogens is 244 g/mol. The van der Waals surface area contributed by atoms with Crippen LogP contribution in [0.25, 0.3) is 0 Å². The van der Waals surface area contributed by atoms with Crippen molar-refractivity contribution in [3.8, 4) is 0 Å². The zero-order valence-corrected chi connectivity index (χ0v) is 11.6. The highest BCUT2D eigenvalue weighted by molar-refractivity contribution is 8.00. The Balaban J connectivity index is 1.72. The summed E-state index contributed by atoms with van der Waals surface area (Å²) in [4.78, 5) is 12.9. The van der Waals surface area contributed by atoms with Crippen LogP contribution in [0.5, 0.6) is 0 Å². The maximum Gasteiger partial charge on any atom is 0.230 e. The van der Waals surface area contributed by atoms with Crippen molar-refractivity contribution in [2.24, 2.45) is 0 Å².